The van der Waals surface area contributed by atoms with Crippen molar-refractivity contribution >= 4 is 27.9 Å². The molecule has 2 amide bonds. The largest absolute Gasteiger partial charge is 0.459 e. The third-order valence-corrected chi connectivity index (χ3v) is 5.61. The Hall–Kier alpha value is -2.04. The molecule has 10 heteroatoms. The molecule has 3 aliphatic heterocycles. The Morgan fingerprint density at radius 1 is 1.42 bits per heavy atom. The molecule has 3 aliphatic rings. The van der Waals surface area contributed by atoms with Crippen molar-refractivity contribution in [2.45, 2.75) is 25.0 Å². The van der Waals surface area contributed by atoms with Crippen LogP contribution >= 0.6 is 0 Å². The molecule has 0 spiro atoms. The number of imide groups is 1. The number of ether oxygens (including phenoxy) is 2. The maximum Gasteiger partial charge on any atom is 0.333 e. The minimum Gasteiger partial charge on any atom is -0.459 e. The number of hydrogen-bond acceptors (Lipinski definition) is 7. The number of likely N-dealkylation sites (tertiary alicyclic amines) is 1. The number of esters is 1. The van der Waals surface area contributed by atoms with Crippen LogP contribution in [0.4, 0.5) is 0 Å². The first-order chi connectivity index (χ1) is 12.1. The van der Waals surface area contributed by atoms with Gasteiger partial charge in [0.1, 0.15) is 12.2 Å². The smallest absolute Gasteiger partial charge is 0.333 e. The van der Waals surface area contributed by atoms with Crippen LogP contribution in [0, 0.1) is 11.8 Å². The van der Waals surface area contributed by atoms with Crippen molar-refractivity contribution in [2.75, 3.05) is 18.9 Å². The van der Waals surface area contributed by atoms with Gasteiger partial charge in [-0.25, -0.2) is 4.79 Å². The molecule has 0 aromatic rings. The van der Waals surface area contributed by atoms with Gasteiger partial charge in [0.05, 0.1) is 23.7 Å². The second-order valence-electron chi connectivity index (χ2n) is 6.72. The summed E-state index contributed by atoms with van der Waals surface area (Å²) in [6.07, 6.45) is 2.65. The van der Waals surface area contributed by atoms with E-state index < -0.39 is 57.2 Å². The monoisotopic (exact) mass is 385 g/mol. The van der Waals surface area contributed by atoms with Gasteiger partial charge >= 0.3 is 5.97 Å². The van der Waals surface area contributed by atoms with Crippen molar-refractivity contribution in [1.29, 1.82) is 0 Å². The van der Waals surface area contributed by atoms with Gasteiger partial charge in [-0.05, 0) is 19.4 Å². The van der Waals surface area contributed by atoms with E-state index in [0.29, 0.717) is 0 Å². The summed E-state index contributed by atoms with van der Waals surface area (Å²) in [7, 11) is -4.17. The highest BCUT2D eigenvalue weighted by molar-refractivity contribution is 7.85. The van der Waals surface area contributed by atoms with Gasteiger partial charge in [0, 0.05) is 12.1 Å². The number of rotatable bonds is 7. The highest BCUT2D eigenvalue weighted by atomic mass is 32.2. The van der Waals surface area contributed by atoms with Crippen LogP contribution in [-0.2, 0) is 34.0 Å². The molecule has 0 radical (unpaired) electrons. The first kappa shape index (κ1) is 18.7. The molecule has 2 bridgehead atoms. The highest BCUT2D eigenvalue weighted by Gasteiger charge is 2.67. The number of fused-ring (bicyclic) bond motifs is 5. The molecule has 0 saturated carbocycles. The van der Waals surface area contributed by atoms with Gasteiger partial charge in [0.2, 0.25) is 11.8 Å². The van der Waals surface area contributed by atoms with Crippen LogP contribution in [0.3, 0.4) is 0 Å². The first-order valence-electron chi connectivity index (χ1n) is 8.06. The fourth-order valence-corrected chi connectivity index (χ4v) is 4.15. The van der Waals surface area contributed by atoms with E-state index >= 15 is 0 Å². The standard InChI is InChI=1S/C16H19NO8S/c1-9(2)15(20)24-8-16-5-4-10(25-16)11-12(16)14(19)17(13(11)18)6-3-7-26(21,22)23/h4-5,10-12H,1,3,6-8H2,2H3,(H,21,22,23). The molecule has 3 heterocycles. The van der Waals surface area contributed by atoms with Gasteiger partial charge in [0.25, 0.3) is 10.1 Å². The van der Waals surface area contributed by atoms with Gasteiger partial charge < -0.3 is 9.47 Å². The minimum absolute atomic E-state index is 0.0631. The molecule has 0 aliphatic carbocycles. The summed E-state index contributed by atoms with van der Waals surface area (Å²) < 4.78 is 41.3. The molecular weight excluding hydrogens is 366 g/mol. The molecule has 0 aromatic carbocycles. The molecule has 26 heavy (non-hydrogen) atoms. The van der Waals surface area contributed by atoms with Gasteiger partial charge in [-0.15, -0.1) is 0 Å². The van der Waals surface area contributed by atoms with Crippen molar-refractivity contribution in [2.24, 2.45) is 11.8 Å². The average molecular weight is 385 g/mol. The van der Waals surface area contributed by atoms with E-state index in [9.17, 15) is 22.8 Å². The normalized spacial score (nSPS) is 32.2. The Bertz CT molecular complexity index is 816. The number of hydrogen-bond donors (Lipinski definition) is 1. The summed E-state index contributed by atoms with van der Waals surface area (Å²) in [5.74, 6) is -3.65. The second kappa shape index (κ2) is 6.29. The van der Waals surface area contributed by atoms with Crippen LogP contribution in [0.25, 0.3) is 0 Å². The lowest BCUT2D eigenvalue weighted by atomic mass is 9.77. The Labute approximate surface area is 150 Å². The lowest BCUT2D eigenvalue weighted by molar-refractivity contribution is -0.153. The predicted octanol–water partition coefficient (Wildman–Crippen LogP) is -0.308. The van der Waals surface area contributed by atoms with E-state index in [2.05, 4.69) is 6.58 Å². The van der Waals surface area contributed by atoms with E-state index in [1.54, 1.807) is 12.2 Å². The number of nitrogens with zero attached hydrogens (tertiary/aromatic N) is 1. The lowest BCUT2D eigenvalue weighted by Gasteiger charge is -2.28. The molecule has 4 unspecified atom stereocenters. The predicted molar refractivity (Wildman–Crippen MR) is 87.2 cm³/mol. The Kier molecular flexibility index (Phi) is 4.53. The van der Waals surface area contributed by atoms with Crippen molar-refractivity contribution < 1.29 is 36.8 Å². The van der Waals surface area contributed by atoms with E-state index in [-0.39, 0.29) is 25.1 Å². The Morgan fingerprint density at radius 2 is 2.12 bits per heavy atom. The summed E-state index contributed by atoms with van der Waals surface area (Å²) in [6.45, 7) is 4.65. The number of carbonyl (C=O) groups excluding carboxylic acids is 3. The van der Waals surface area contributed by atoms with Crippen LogP contribution in [0.2, 0.25) is 0 Å². The zero-order chi connectivity index (χ0) is 19.3. The molecule has 3 rings (SSSR count). The van der Waals surface area contributed by atoms with E-state index in [1.165, 1.54) is 6.92 Å². The zero-order valence-electron chi connectivity index (χ0n) is 14.1. The summed E-state index contributed by atoms with van der Waals surface area (Å²) in [5.41, 5.74) is -1.000. The molecule has 9 nitrogen and oxygen atoms in total. The highest BCUT2D eigenvalue weighted by Crippen LogP contribution is 2.51. The van der Waals surface area contributed by atoms with E-state index in [4.69, 9.17) is 14.0 Å². The molecule has 4 atom stereocenters. The fraction of sp³-hybridized carbons (Fsp3) is 0.562. The van der Waals surface area contributed by atoms with Gasteiger partial charge in [-0.2, -0.15) is 8.42 Å². The lowest BCUT2D eigenvalue weighted by Crippen LogP contribution is -2.44. The summed E-state index contributed by atoms with van der Waals surface area (Å²) in [6, 6.07) is 0. The maximum atomic E-state index is 12.7. The van der Waals surface area contributed by atoms with Gasteiger partial charge in [-0.3, -0.25) is 19.0 Å². The topological polar surface area (TPSA) is 127 Å². The van der Waals surface area contributed by atoms with Crippen LogP contribution in [-0.4, -0.2) is 66.3 Å². The Morgan fingerprint density at radius 3 is 2.73 bits per heavy atom. The van der Waals surface area contributed by atoms with Crippen molar-refractivity contribution in [3.05, 3.63) is 24.3 Å². The maximum absolute atomic E-state index is 12.7. The molecule has 2 fully saturated rings. The third-order valence-electron chi connectivity index (χ3n) is 4.81. The van der Waals surface area contributed by atoms with E-state index in [0.717, 1.165) is 4.90 Å². The fourth-order valence-electron chi connectivity index (χ4n) is 3.65. The summed E-state index contributed by atoms with van der Waals surface area (Å²) in [5, 5.41) is 0. The number of amides is 2. The quantitative estimate of drug-likeness (QED) is 0.208. The molecular formula is C16H19NO8S. The van der Waals surface area contributed by atoms with Crippen molar-refractivity contribution in [3.63, 3.8) is 0 Å². The number of carbonyl (C=O) groups is 3. The van der Waals surface area contributed by atoms with Gasteiger partial charge in [-0.1, -0.05) is 12.7 Å². The SMILES string of the molecule is C=C(C)C(=O)OCC12C=CC(O1)C1C(=O)N(CCCS(=O)(=O)O)C(=O)C12. The van der Waals surface area contributed by atoms with Crippen LogP contribution in [0.1, 0.15) is 13.3 Å². The molecule has 142 valence electrons. The Balaban J connectivity index is 1.74. The molecule has 0 aromatic heterocycles. The first-order valence-corrected chi connectivity index (χ1v) is 9.67. The van der Waals surface area contributed by atoms with Crippen LogP contribution in [0.5, 0.6) is 0 Å². The van der Waals surface area contributed by atoms with Crippen LogP contribution < -0.4 is 0 Å². The summed E-state index contributed by atoms with van der Waals surface area (Å²) in [4.78, 5) is 38.0. The van der Waals surface area contributed by atoms with Crippen molar-refractivity contribution in [1.82, 2.24) is 4.90 Å². The van der Waals surface area contributed by atoms with Crippen molar-refractivity contribution in [3.8, 4) is 0 Å². The van der Waals surface area contributed by atoms with Crippen LogP contribution in [0.15, 0.2) is 24.3 Å². The second-order valence-corrected chi connectivity index (χ2v) is 8.30. The zero-order valence-corrected chi connectivity index (χ0v) is 14.9. The minimum atomic E-state index is -4.17. The van der Waals surface area contributed by atoms with Gasteiger partial charge in [0.15, 0.2) is 0 Å². The third kappa shape index (κ3) is 3.08. The summed E-state index contributed by atoms with van der Waals surface area (Å²) >= 11 is 0. The molecule has 1 N–H and O–H groups in total. The average Bonchev–Trinajstić information content (AvgIpc) is 3.17. The van der Waals surface area contributed by atoms with E-state index in [1.807, 2.05) is 0 Å². The molecule has 2 saturated heterocycles.